The van der Waals surface area contributed by atoms with Crippen LogP contribution in [0.4, 0.5) is 0 Å². The van der Waals surface area contributed by atoms with Crippen LogP contribution in [0.25, 0.3) is 0 Å². The summed E-state index contributed by atoms with van der Waals surface area (Å²) in [5.41, 5.74) is 0.490. The topological polar surface area (TPSA) is 3.24 Å². The van der Waals surface area contributed by atoms with Gasteiger partial charge in [0.15, 0.2) is 0 Å². The highest BCUT2D eigenvalue weighted by Crippen LogP contribution is 2.22. The molecule has 1 heteroatoms. The normalized spacial score (nSPS) is 12.7. The van der Waals surface area contributed by atoms with Crippen molar-refractivity contribution in [1.29, 1.82) is 0 Å². The Bertz CT molecular complexity index is 163. The Morgan fingerprint density at radius 3 is 1.82 bits per heavy atom. The van der Waals surface area contributed by atoms with Crippen molar-refractivity contribution in [3.8, 4) is 0 Å². The fourth-order valence-corrected chi connectivity index (χ4v) is 2.59. The molecule has 0 rings (SSSR count). The fraction of sp³-hybridized carbons (Fsp3) is 1.00. The van der Waals surface area contributed by atoms with E-state index in [0.717, 1.165) is 6.04 Å². The maximum Gasteiger partial charge on any atom is 0.00949 e. The highest BCUT2D eigenvalue weighted by atomic mass is 15.1. The van der Waals surface area contributed by atoms with Gasteiger partial charge in [-0.2, -0.15) is 0 Å². The first-order chi connectivity index (χ1) is 7.94. The van der Waals surface area contributed by atoms with E-state index in [1.54, 1.807) is 0 Å². The highest BCUT2D eigenvalue weighted by molar-refractivity contribution is 4.71. The Balaban J connectivity index is 4.08. The first-order valence-electron chi connectivity index (χ1n) is 7.68. The second-order valence-electron chi connectivity index (χ2n) is 6.52. The van der Waals surface area contributed by atoms with Crippen LogP contribution in [0.2, 0.25) is 0 Å². The van der Waals surface area contributed by atoms with Crippen molar-refractivity contribution < 1.29 is 0 Å². The predicted molar refractivity (Wildman–Crippen MR) is 79.5 cm³/mol. The minimum atomic E-state index is 0.490. The molecule has 0 aliphatic rings. The van der Waals surface area contributed by atoms with Crippen molar-refractivity contribution in [2.75, 3.05) is 13.1 Å². The van der Waals surface area contributed by atoms with E-state index in [2.05, 4.69) is 46.4 Å². The summed E-state index contributed by atoms with van der Waals surface area (Å²) in [7, 11) is 0. The zero-order chi connectivity index (χ0) is 13.3. The van der Waals surface area contributed by atoms with E-state index < -0.39 is 0 Å². The van der Waals surface area contributed by atoms with E-state index in [0.29, 0.717) is 5.41 Å². The predicted octanol–water partition coefficient (Wildman–Crippen LogP) is 5.10. The van der Waals surface area contributed by atoms with Gasteiger partial charge in [-0.05, 0) is 44.2 Å². The average Bonchev–Trinajstić information content (AvgIpc) is 2.23. The van der Waals surface area contributed by atoms with Gasteiger partial charge in [-0.25, -0.2) is 0 Å². The standard InChI is InChI=1S/C16H35N/c1-7-11-15(12-8-2)17(9-3)14-10-13-16(4,5)6/h15H,7-14H2,1-6H3. The second-order valence-corrected chi connectivity index (χ2v) is 6.52. The van der Waals surface area contributed by atoms with Crippen LogP contribution in [0.5, 0.6) is 0 Å². The molecule has 0 heterocycles. The van der Waals surface area contributed by atoms with Crippen molar-refractivity contribution in [3.05, 3.63) is 0 Å². The Morgan fingerprint density at radius 2 is 1.47 bits per heavy atom. The van der Waals surface area contributed by atoms with Crippen LogP contribution < -0.4 is 0 Å². The van der Waals surface area contributed by atoms with Crippen molar-refractivity contribution in [1.82, 2.24) is 4.90 Å². The van der Waals surface area contributed by atoms with Crippen molar-refractivity contribution in [3.63, 3.8) is 0 Å². The Morgan fingerprint density at radius 1 is 0.941 bits per heavy atom. The van der Waals surface area contributed by atoms with Gasteiger partial charge in [0, 0.05) is 6.04 Å². The Kier molecular flexibility index (Phi) is 8.94. The van der Waals surface area contributed by atoms with Gasteiger partial charge in [-0.1, -0.05) is 54.4 Å². The lowest BCUT2D eigenvalue weighted by Crippen LogP contribution is -2.36. The molecule has 0 aromatic carbocycles. The molecule has 0 aromatic rings. The highest BCUT2D eigenvalue weighted by Gasteiger charge is 2.16. The van der Waals surface area contributed by atoms with Gasteiger partial charge in [-0.15, -0.1) is 0 Å². The van der Waals surface area contributed by atoms with Gasteiger partial charge in [-0.3, -0.25) is 0 Å². The zero-order valence-corrected chi connectivity index (χ0v) is 13.2. The molecule has 0 saturated heterocycles. The van der Waals surface area contributed by atoms with Gasteiger partial charge in [0.2, 0.25) is 0 Å². The van der Waals surface area contributed by atoms with Gasteiger partial charge < -0.3 is 4.90 Å². The number of hydrogen-bond acceptors (Lipinski definition) is 1. The van der Waals surface area contributed by atoms with Crippen LogP contribution in [0.3, 0.4) is 0 Å². The number of hydrogen-bond donors (Lipinski definition) is 0. The van der Waals surface area contributed by atoms with Crippen LogP contribution in [-0.2, 0) is 0 Å². The molecule has 0 aliphatic heterocycles. The van der Waals surface area contributed by atoms with Gasteiger partial charge in [0.25, 0.3) is 0 Å². The van der Waals surface area contributed by atoms with Crippen LogP contribution in [0.1, 0.15) is 80.1 Å². The molecule has 0 fully saturated rings. The van der Waals surface area contributed by atoms with Gasteiger partial charge >= 0.3 is 0 Å². The van der Waals surface area contributed by atoms with E-state index in [-0.39, 0.29) is 0 Å². The first-order valence-corrected chi connectivity index (χ1v) is 7.68. The summed E-state index contributed by atoms with van der Waals surface area (Å²) >= 11 is 0. The second kappa shape index (κ2) is 8.97. The molecule has 0 spiro atoms. The molecule has 1 nitrogen and oxygen atoms in total. The third-order valence-electron chi connectivity index (χ3n) is 3.54. The van der Waals surface area contributed by atoms with Crippen molar-refractivity contribution in [2.24, 2.45) is 5.41 Å². The summed E-state index contributed by atoms with van der Waals surface area (Å²) in [5.74, 6) is 0. The van der Waals surface area contributed by atoms with E-state index >= 15 is 0 Å². The lowest BCUT2D eigenvalue weighted by molar-refractivity contribution is 0.172. The van der Waals surface area contributed by atoms with E-state index in [4.69, 9.17) is 0 Å². The maximum absolute atomic E-state index is 2.71. The molecule has 0 aromatic heterocycles. The van der Waals surface area contributed by atoms with E-state index in [1.165, 1.54) is 51.6 Å². The molecule has 0 unspecified atom stereocenters. The Labute approximate surface area is 110 Å². The Hall–Kier alpha value is -0.0400. The molecule has 0 saturated carbocycles. The molecule has 0 radical (unpaired) electrons. The van der Waals surface area contributed by atoms with Crippen LogP contribution in [0, 0.1) is 5.41 Å². The van der Waals surface area contributed by atoms with Gasteiger partial charge in [0.05, 0.1) is 0 Å². The minimum Gasteiger partial charge on any atom is -0.301 e. The summed E-state index contributed by atoms with van der Waals surface area (Å²) in [5, 5.41) is 0. The molecule has 104 valence electrons. The lowest BCUT2D eigenvalue weighted by Gasteiger charge is -2.31. The molecule has 0 N–H and O–H groups in total. The fourth-order valence-electron chi connectivity index (χ4n) is 2.59. The summed E-state index contributed by atoms with van der Waals surface area (Å²) in [6.07, 6.45) is 8.07. The van der Waals surface area contributed by atoms with Crippen molar-refractivity contribution >= 4 is 0 Å². The summed E-state index contributed by atoms with van der Waals surface area (Å²) in [6.45, 7) is 16.5. The van der Waals surface area contributed by atoms with Crippen LogP contribution in [0.15, 0.2) is 0 Å². The minimum absolute atomic E-state index is 0.490. The molecular weight excluding hydrogens is 206 g/mol. The monoisotopic (exact) mass is 241 g/mol. The third kappa shape index (κ3) is 8.65. The smallest absolute Gasteiger partial charge is 0.00949 e. The summed E-state index contributed by atoms with van der Waals surface area (Å²) in [6, 6.07) is 0.829. The SMILES string of the molecule is CCCC(CCC)N(CC)CCCC(C)(C)C. The van der Waals surface area contributed by atoms with Gasteiger partial charge in [0.1, 0.15) is 0 Å². The molecule has 0 aliphatic carbocycles. The molecule has 0 amide bonds. The molecular formula is C16H35N. The third-order valence-corrected chi connectivity index (χ3v) is 3.54. The van der Waals surface area contributed by atoms with Crippen LogP contribution >= 0.6 is 0 Å². The first kappa shape index (κ1) is 17.0. The largest absolute Gasteiger partial charge is 0.301 e. The van der Waals surface area contributed by atoms with E-state index in [1.807, 2.05) is 0 Å². The number of nitrogens with zero attached hydrogens (tertiary/aromatic N) is 1. The molecule has 0 bridgehead atoms. The van der Waals surface area contributed by atoms with Crippen LogP contribution in [-0.4, -0.2) is 24.0 Å². The lowest BCUT2D eigenvalue weighted by atomic mass is 9.90. The van der Waals surface area contributed by atoms with Crippen molar-refractivity contribution in [2.45, 2.75) is 86.1 Å². The zero-order valence-electron chi connectivity index (χ0n) is 13.2. The van der Waals surface area contributed by atoms with E-state index in [9.17, 15) is 0 Å². The molecule has 17 heavy (non-hydrogen) atoms. The average molecular weight is 241 g/mol. The summed E-state index contributed by atoms with van der Waals surface area (Å²) < 4.78 is 0. The molecule has 0 atom stereocenters. The summed E-state index contributed by atoms with van der Waals surface area (Å²) in [4.78, 5) is 2.71. The quantitative estimate of drug-likeness (QED) is 0.542. The number of rotatable bonds is 9. The maximum atomic E-state index is 2.71.